The van der Waals surface area contributed by atoms with Crippen molar-refractivity contribution < 1.29 is 133 Å². The van der Waals surface area contributed by atoms with Gasteiger partial charge in [-0.3, -0.25) is 9.59 Å². The highest BCUT2D eigenvalue weighted by Gasteiger charge is 2.59. The van der Waals surface area contributed by atoms with Crippen LogP contribution < -0.4 is 0 Å². The van der Waals surface area contributed by atoms with Crippen LogP contribution in [-0.4, -0.2) is 152 Å². The number of benzene rings is 4. The lowest BCUT2D eigenvalue weighted by Crippen LogP contribution is -2.63. The number of esters is 6. The summed E-state index contributed by atoms with van der Waals surface area (Å²) in [6.07, 6.45) is -14.8. The van der Waals surface area contributed by atoms with Crippen LogP contribution in [0.3, 0.4) is 0 Å². The molecule has 0 aliphatic carbocycles. The number of carboxylic acids is 1. The van der Waals surface area contributed by atoms with Gasteiger partial charge in [-0.05, 0) is 42.5 Å². The number of fused-ring (bicyclic) bond motifs is 5. The summed E-state index contributed by atoms with van der Waals surface area (Å²) in [5.41, 5.74) is -4.38. The topological polar surface area (TPSA) is 447 Å². The minimum Gasteiger partial charge on any atom is -0.504 e. The second-order valence-corrected chi connectivity index (χ2v) is 15.4. The summed E-state index contributed by atoms with van der Waals surface area (Å²) >= 11 is 0. The molecule has 2 saturated heterocycles. The molecule has 2 bridgehead atoms. The van der Waals surface area contributed by atoms with Gasteiger partial charge in [-0.15, -0.1) is 0 Å². The van der Waals surface area contributed by atoms with Gasteiger partial charge in [-0.2, -0.15) is 0 Å². The van der Waals surface area contributed by atoms with Crippen molar-refractivity contribution in [2.45, 2.75) is 49.7 Å². The largest absolute Gasteiger partial charge is 0.504 e. The predicted octanol–water partition coefficient (Wildman–Crippen LogP) is 0.615. The number of aliphatic carboxylic acids is 1. The smallest absolute Gasteiger partial charge is 0.345 e. The van der Waals surface area contributed by atoms with Crippen molar-refractivity contribution in [1.82, 2.24) is 0 Å². The Morgan fingerprint density at radius 2 is 1.00 bits per heavy atom. The molecule has 9 unspecified atom stereocenters. The van der Waals surface area contributed by atoms with E-state index in [1.54, 1.807) is 0 Å². The zero-order valence-electron chi connectivity index (χ0n) is 34.5. The normalized spacial score (nSPS) is 24.1. The van der Waals surface area contributed by atoms with E-state index in [-0.39, 0.29) is 0 Å². The minimum atomic E-state index is -2.58. The van der Waals surface area contributed by atoms with Gasteiger partial charge >= 0.3 is 41.8 Å². The first kappa shape index (κ1) is 47.7. The van der Waals surface area contributed by atoms with Crippen LogP contribution in [0.4, 0.5) is 0 Å². The average molecular weight is 971 g/mol. The second kappa shape index (κ2) is 17.8. The third-order valence-corrected chi connectivity index (χ3v) is 11.1. The van der Waals surface area contributed by atoms with Gasteiger partial charge in [0.1, 0.15) is 12.7 Å². The predicted molar refractivity (Wildman–Crippen MR) is 211 cm³/mol. The summed E-state index contributed by atoms with van der Waals surface area (Å²) in [7, 11) is 0. The van der Waals surface area contributed by atoms with Crippen molar-refractivity contribution in [3.8, 4) is 69.0 Å². The summed E-state index contributed by atoms with van der Waals surface area (Å²) in [5, 5.41) is 133. The molecule has 0 radical (unpaired) electrons. The molecular weight excluding hydrogens is 936 g/mol. The number of rotatable bonds is 8. The number of ether oxygens (including phenoxy) is 7. The molecule has 3 aliphatic heterocycles. The summed E-state index contributed by atoms with van der Waals surface area (Å²) in [4.78, 5) is 96.4. The van der Waals surface area contributed by atoms with Gasteiger partial charge in [0, 0.05) is 5.56 Å². The lowest BCUT2D eigenvalue weighted by molar-refractivity contribution is -0.289. The molecule has 4 aromatic rings. The van der Waals surface area contributed by atoms with Crippen LogP contribution in [0, 0.1) is 11.8 Å². The number of hydrogen-bond acceptors (Lipinski definition) is 26. The van der Waals surface area contributed by atoms with E-state index in [2.05, 4.69) is 0 Å². The van der Waals surface area contributed by atoms with Gasteiger partial charge in [0.25, 0.3) is 0 Å². The Morgan fingerprint density at radius 3 is 1.49 bits per heavy atom. The molecule has 0 amide bonds. The summed E-state index contributed by atoms with van der Waals surface area (Å²) < 4.78 is 38.9. The zero-order chi connectivity index (χ0) is 50.7. The minimum absolute atomic E-state index is 0.420. The molecule has 0 spiro atoms. The fourth-order valence-corrected chi connectivity index (χ4v) is 7.68. The summed E-state index contributed by atoms with van der Waals surface area (Å²) in [6, 6.07) is 3.84. The molecule has 13 N–H and O–H groups in total. The number of phenols is 12. The zero-order valence-corrected chi connectivity index (χ0v) is 34.5. The van der Waals surface area contributed by atoms with Gasteiger partial charge in [0.2, 0.25) is 24.2 Å². The number of aromatic hydroxyl groups is 12. The molecular formula is C42H34O27. The number of carboxylic acid groups (broad SMARTS) is 1. The van der Waals surface area contributed by atoms with Crippen molar-refractivity contribution in [2.24, 2.45) is 11.8 Å². The molecule has 4 aromatic carbocycles. The van der Waals surface area contributed by atoms with Crippen LogP contribution in [0.1, 0.15) is 59.8 Å². The molecule has 2 fully saturated rings. The maximum Gasteiger partial charge on any atom is 0.345 e. The van der Waals surface area contributed by atoms with Crippen LogP contribution in [-0.2, 0) is 47.5 Å². The molecule has 9 atom stereocenters. The molecule has 27 nitrogen and oxygen atoms in total. The van der Waals surface area contributed by atoms with Crippen LogP contribution in [0.2, 0.25) is 0 Å². The number of cyclic esters (lactones) is 1. The highest BCUT2D eigenvalue weighted by molar-refractivity contribution is 5.97. The van der Waals surface area contributed by atoms with E-state index < -0.39 is 200 Å². The van der Waals surface area contributed by atoms with Crippen molar-refractivity contribution in [2.75, 3.05) is 6.61 Å². The van der Waals surface area contributed by atoms with Gasteiger partial charge < -0.3 is 99.5 Å². The maximum atomic E-state index is 14.8. The Kier molecular flexibility index (Phi) is 12.3. The SMILES string of the molecule is CC1C(=O)OC(C(=O)O)C2c3c(cc(O)c(O)c3O)C(=O)OC3C(COC(=O)c4cc(O)c(O)c(O)c4)OC(OC(=O)c4cc(O)c(O)c(O)c4)C(OC(=O)C12)C3OC(=O)c1cc(O)c(O)c(O)c1. The van der Waals surface area contributed by atoms with Crippen molar-refractivity contribution in [1.29, 1.82) is 0 Å². The Morgan fingerprint density at radius 1 is 0.536 bits per heavy atom. The third-order valence-electron chi connectivity index (χ3n) is 11.1. The van der Waals surface area contributed by atoms with Gasteiger partial charge in [0.15, 0.2) is 75.5 Å². The van der Waals surface area contributed by atoms with E-state index in [0.717, 1.165) is 6.92 Å². The third kappa shape index (κ3) is 8.66. The fourth-order valence-electron chi connectivity index (χ4n) is 7.68. The number of carbonyl (C=O) groups excluding carboxylic acids is 6. The first-order valence-corrected chi connectivity index (χ1v) is 19.5. The van der Waals surface area contributed by atoms with E-state index in [4.69, 9.17) is 33.2 Å². The monoisotopic (exact) mass is 970 g/mol. The highest BCUT2D eigenvalue weighted by atomic mass is 16.7. The molecule has 7 rings (SSSR count). The molecule has 0 saturated carbocycles. The van der Waals surface area contributed by atoms with Gasteiger partial charge in [-0.1, -0.05) is 6.92 Å². The van der Waals surface area contributed by atoms with E-state index in [9.17, 15) is 99.9 Å². The van der Waals surface area contributed by atoms with E-state index in [1.165, 1.54) is 0 Å². The lowest BCUT2D eigenvalue weighted by Gasteiger charge is -2.44. The Hall–Kier alpha value is -9.27. The fraction of sp³-hybridized carbons (Fsp3) is 0.262. The standard InChI is InChI=1S/C42H34O27/c1-10-23-25(32(35(55)56)66-36(10)57)24-14(8-21(49)29(53)30(24)54)40(61)65-31-22(9-63-37(58)11-2-15(43)26(50)16(44)3-11)64-42(69-39(60)13-6-19(47)28(52)20(48)7-13)34(68-41(23)62)33(31)67-38(59)12-4-17(45)27(51)18(46)5-12/h2-8,10,22-23,25,31-34,42-54H,9H2,1H3,(H,55,56). The average Bonchev–Trinajstić information content (AvgIpc) is 3.29. The number of hydrogen-bond donors (Lipinski definition) is 13. The van der Waals surface area contributed by atoms with Crippen LogP contribution in [0.25, 0.3) is 0 Å². The molecule has 3 aliphatic rings. The number of phenolic OH excluding ortho intramolecular Hbond substituents is 12. The first-order chi connectivity index (χ1) is 32.4. The highest BCUT2D eigenvalue weighted by Crippen LogP contribution is 2.51. The van der Waals surface area contributed by atoms with Crippen LogP contribution in [0.15, 0.2) is 42.5 Å². The first-order valence-electron chi connectivity index (χ1n) is 19.5. The second-order valence-electron chi connectivity index (χ2n) is 15.4. The molecule has 364 valence electrons. The summed E-state index contributed by atoms with van der Waals surface area (Å²) in [5.74, 6) is -32.0. The molecule has 69 heavy (non-hydrogen) atoms. The molecule has 3 heterocycles. The Balaban J connectivity index is 1.45. The van der Waals surface area contributed by atoms with E-state index >= 15 is 0 Å². The van der Waals surface area contributed by atoms with Gasteiger partial charge in [-0.25, -0.2) is 24.0 Å². The Labute approximate surface area is 381 Å². The number of carbonyl (C=O) groups is 7. The lowest BCUT2D eigenvalue weighted by atomic mass is 9.71. The van der Waals surface area contributed by atoms with Crippen molar-refractivity contribution in [3.63, 3.8) is 0 Å². The van der Waals surface area contributed by atoms with Crippen LogP contribution >= 0.6 is 0 Å². The van der Waals surface area contributed by atoms with Gasteiger partial charge in [0.05, 0.1) is 40.0 Å². The van der Waals surface area contributed by atoms with Crippen molar-refractivity contribution in [3.05, 3.63) is 70.3 Å². The van der Waals surface area contributed by atoms with Crippen LogP contribution in [0.5, 0.6) is 69.0 Å². The van der Waals surface area contributed by atoms with E-state index in [1.807, 2.05) is 0 Å². The molecule has 0 aromatic heterocycles. The summed E-state index contributed by atoms with van der Waals surface area (Å²) in [6.45, 7) is -0.275. The van der Waals surface area contributed by atoms with E-state index in [0.29, 0.717) is 42.5 Å². The maximum absolute atomic E-state index is 14.8. The van der Waals surface area contributed by atoms with Crippen molar-refractivity contribution >= 4 is 41.8 Å². The molecule has 27 heteroatoms. The quantitative estimate of drug-likeness (QED) is 0.0653. The Bertz CT molecular complexity index is 2780.